The SMILES string of the molecule is CN(Cc1nccn1C(F)F)C(=O)c1ccc(C#N)cc1. The topological polar surface area (TPSA) is 61.9 Å². The van der Waals surface area contributed by atoms with E-state index in [1.54, 1.807) is 0 Å². The molecular weight excluding hydrogens is 278 g/mol. The number of hydrogen-bond acceptors (Lipinski definition) is 3. The van der Waals surface area contributed by atoms with E-state index in [1.807, 2.05) is 6.07 Å². The zero-order valence-corrected chi connectivity index (χ0v) is 11.2. The second kappa shape index (κ2) is 6.13. The minimum atomic E-state index is -2.69. The fourth-order valence-electron chi connectivity index (χ4n) is 1.84. The Morgan fingerprint density at radius 2 is 2.10 bits per heavy atom. The number of rotatable bonds is 4. The lowest BCUT2D eigenvalue weighted by Crippen LogP contribution is -2.27. The number of amides is 1. The Kier molecular flexibility index (Phi) is 4.28. The van der Waals surface area contributed by atoms with E-state index in [9.17, 15) is 13.6 Å². The quantitative estimate of drug-likeness (QED) is 0.868. The molecule has 1 aromatic heterocycles. The van der Waals surface area contributed by atoms with Gasteiger partial charge in [0.05, 0.1) is 18.2 Å². The van der Waals surface area contributed by atoms with Crippen molar-refractivity contribution in [2.75, 3.05) is 7.05 Å². The summed E-state index contributed by atoms with van der Waals surface area (Å²) in [4.78, 5) is 17.3. The highest BCUT2D eigenvalue weighted by atomic mass is 19.3. The van der Waals surface area contributed by atoms with Crippen molar-refractivity contribution in [2.45, 2.75) is 13.1 Å². The van der Waals surface area contributed by atoms with Crippen LogP contribution in [0.25, 0.3) is 0 Å². The number of imidazole rings is 1. The Bertz CT molecular complexity index is 673. The summed E-state index contributed by atoms with van der Waals surface area (Å²) in [5.74, 6) is -0.224. The van der Waals surface area contributed by atoms with Gasteiger partial charge in [-0.05, 0) is 24.3 Å². The second-order valence-corrected chi connectivity index (χ2v) is 4.38. The molecule has 1 amide bonds. The highest BCUT2D eigenvalue weighted by Crippen LogP contribution is 2.14. The minimum absolute atomic E-state index is 0.0316. The molecule has 0 radical (unpaired) electrons. The lowest BCUT2D eigenvalue weighted by atomic mass is 10.1. The molecule has 0 saturated heterocycles. The van der Waals surface area contributed by atoms with Gasteiger partial charge in [-0.2, -0.15) is 14.0 Å². The molecule has 1 aromatic carbocycles. The third kappa shape index (κ3) is 3.23. The van der Waals surface area contributed by atoms with Crippen molar-refractivity contribution >= 4 is 5.91 Å². The van der Waals surface area contributed by atoms with Crippen LogP contribution in [0.5, 0.6) is 0 Å². The van der Waals surface area contributed by atoms with Crippen LogP contribution in [0.15, 0.2) is 36.7 Å². The normalized spacial score (nSPS) is 10.4. The monoisotopic (exact) mass is 290 g/mol. The van der Waals surface area contributed by atoms with Gasteiger partial charge >= 0.3 is 6.55 Å². The Balaban J connectivity index is 2.12. The van der Waals surface area contributed by atoms with Crippen LogP contribution < -0.4 is 0 Å². The van der Waals surface area contributed by atoms with Gasteiger partial charge in [-0.15, -0.1) is 0 Å². The maximum Gasteiger partial charge on any atom is 0.319 e. The number of halogens is 2. The molecule has 0 unspecified atom stereocenters. The minimum Gasteiger partial charge on any atom is -0.334 e. The van der Waals surface area contributed by atoms with E-state index in [-0.39, 0.29) is 18.3 Å². The average molecular weight is 290 g/mol. The molecule has 0 N–H and O–H groups in total. The van der Waals surface area contributed by atoms with E-state index >= 15 is 0 Å². The Morgan fingerprint density at radius 3 is 2.67 bits per heavy atom. The Morgan fingerprint density at radius 1 is 1.43 bits per heavy atom. The number of alkyl halides is 2. The van der Waals surface area contributed by atoms with Crippen molar-refractivity contribution in [3.05, 3.63) is 53.6 Å². The van der Waals surface area contributed by atoms with Crippen LogP contribution in [0, 0.1) is 11.3 Å². The molecule has 7 heteroatoms. The van der Waals surface area contributed by atoms with Gasteiger partial charge in [-0.25, -0.2) is 4.98 Å². The maximum absolute atomic E-state index is 12.7. The molecule has 108 valence electrons. The van der Waals surface area contributed by atoms with Gasteiger partial charge in [0.1, 0.15) is 5.82 Å². The van der Waals surface area contributed by atoms with E-state index in [0.717, 1.165) is 0 Å². The molecule has 0 saturated carbocycles. The summed E-state index contributed by atoms with van der Waals surface area (Å²) in [7, 11) is 1.50. The third-order valence-electron chi connectivity index (χ3n) is 2.95. The summed E-state index contributed by atoms with van der Waals surface area (Å²) in [5.41, 5.74) is 0.828. The predicted octanol–water partition coefficient (Wildman–Crippen LogP) is 2.42. The molecule has 0 bridgehead atoms. The van der Waals surface area contributed by atoms with E-state index in [1.165, 1.54) is 48.6 Å². The lowest BCUT2D eigenvalue weighted by Gasteiger charge is -2.17. The molecule has 21 heavy (non-hydrogen) atoms. The Labute approximate surface area is 120 Å². The summed E-state index contributed by atoms with van der Waals surface area (Å²) in [6, 6.07) is 8.06. The van der Waals surface area contributed by atoms with Gasteiger partial charge in [0.15, 0.2) is 0 Å². The van der Waals surface area contributed by atoms with Crippen LogP contribution in [0.2, 0.25) is 0 Å². The number of nitriles is 1. The van der Waals surface area contributed by atoms with Crippen LogP contribution in [0.1, 0.15) is 28.3 Å². The molecule has 2 aromatic rings. The van der Waals surface area contributed by atoms with Crippen LogP contribution in [0.4, 0.5) is 8.78 Å². The summed E-state index contributed by atoms with van der Waals surface area (Å²) in [5, 5.41) is 8.70. The molecule has 2 rings (SSSR count). The van der Waals surface area contributed by atoms with Gasteiger partial charge in [0.2, 0.25) is 0 Å². The number of carbonyl (C=O) groups excluding carboxylic acids is 1. The number of nitrogens with zero attached hydrogens (tertiary/aromatic N) is 4. The number of benzene rings is 1. The first-order valence-corrected chi connectivity index (χ1v) is 6.08. The zero-order chi connectivity index (χ0) is 15.4. The first-order chi connectivity index (χ1) is 10.0. The van der Waals surface area contributed by atoms with Crippen molar-refractivity contribution in [3.63, 3.8) is 0 Å². The van der Waals surface area contributed by atoms with Crippen LogP contribution in [0.3, 0.4) is 0 Å². The molecule has 0 aliphatic heterocycles. The molecule has 0 spiro atoms. The maximum atomic E-state index is 12.7. The molecule has 0 atom stereocenters. The van der Waals surface area contributed by atoms with Crippen LogP contribution >= 0.6 is 0 Å². The summed E-state index contributed by atoms with van der Waals surface area (Å²) >= 11 is 0. The molecule has 0 fully saturated rings. The first-order valence-electron chi connectivity index (χ1n) is 6.08. The van der Waals surface area contributed by atoms with Gasteiger partial charge in [-0.3, -0.25) is 9.36 Å². The molecule has 5 nitrogen and oxygen atoms in total. The van der Waals surface area contributed by atoms with Crippen molar-refractivity contribution in [1.29, 1.82) is 5.26 Å². The summed E-state index contributed by atoms with van der Waals surface area (Å²) in [6.07, 6.45) is 2.43. The number of aromatic nitrogens is 2. The highest BCUT2D eigenvalue weighted by Gasteiger charge is 2.17. The smallest absolute Gasteiger partial charge is 0.319 e. The van der Waals surface area contributed by atoms with E-state index in [2.05, 4.69) is 4.98 Å². The van der Waals surface area contributed by atoms with Crippen molar-refractivity contribution in [2.24, 2.45) is 0 Å². The first kappa shape index (κ1) is 14.7. The number of hydrogen-bond donors (Lipinski definition) is 0. The largest absolute Gasteiger partial charge is 0.334 e. The van der Waals surface area contributed by atoms with Crippen molar-refractivity contribution in [3.8, 4) is 6.07 Å². The van der Waals surface area contributed by atoms with Gasteiger partial charge < -0.3 is 4.90 Å². The predicted molar refractivity (Wildman–Crippen MR) is 70.4 cm³/mol. The average Bonchev–Trinajstić information content (AvgIpc) is 2.95. The second-order valence-electron chi connectivity index (χ2n) is 4.38. The zero-order valence-electron chi connectivity index (χ0n) is 11.2. The van der Waals surface area contributed by atoms with E-state index < -0.39 is 6.55 Å². The van der Waals surface area contributed by atoms with Gasteiger partial charge in [-0.1, -0.05) is 0 Å². The fourth-order valence-corrected chi connectivity index (χ4v) is 1.84. The molecular formula is C14H12F2N4O. The molecule has 0 aliphatic rings. The van der Waals surface area contributed by atoms with E-state index in [0.29, 0.717) is 15.7 Å². The molecule has 0 aliphatic carbocycles. The van der Waals surface area contributed by atoms with Crippen LogP contribution in [-0.4, -0.2) is 27.4 Å². The van der Waals surface area contributed by atoms with Crippen LogP contribution in [-0.2, 0) is 6.54 Å². The van der Waals surface area contributed by atoms with Crippen molar-refractivity contribution < 1.29 is 13.6 Å². The standard InChI is InChI=1S/C14H12F2N4O/c1-19(9-12-18-6-7-20(12)14(15)16)13(21)11-4-2-10(8-17)3-5-11/h2-7,14H,9H2,1H3. The number of carbonyl (C=O) groups is 1. The summed E-state index contributed by atoms with van der Waals surface area (Å²) in [6.45, 7) is -2.73. The highest BCUT2D eigenvalue weighted by molar-refractivity contribution is 5.94. The third-order valence-corrected chi connectivity index (χ3v) is 2.95. The van der Waals surface area contributed by atoms with Gasteiger partial charge in [0, 0.05) is 25.0 Å². The van der Waals surface area contributed by atoms with Crippen molar-refractivity contribution in [1.82, 2.24) is 14.5 Å². The Hall–Kier alpha value is -2.75. The van der Waals surface area contributed by atoms with E-state index in [4.69, 9.17) is 5.26 Å². The lowest BCUT2D eigenvalue weighted by molar-refractivity contribution is 0.0612. The van der Waals surface area contributed by atoms with Gasteiger partial charge in [0.25, 0.3) is 5.91 Å². The summed E-state index contributed by atoms with van der Waals surface area (Å²) < 4.78 is 26.1. The fraction of sp³-hybridized carbons (Fsp3) is 0.214. The molecule has 1 heterocycles.